The predicted molar refractivity (Wildman–Crippen MR) is 80.3 cm³/mol. The summed E-state index contributed by atoms with van der Waals surface area (Å²) in [5.41, 5.74) is 5.85. The lowest BCUT2D eigenvalue weighted by Crippen LogP contribution is -2.43. The molecule has 1 aliphatic rings. The molecule has 4 atom stereocenters. The molecule has 0 aromatic heterocycles. The fraction of sp³-hybridized carbons (Fsp3) is 0.750. The van der Waals surface area contributed by atoms with Gasteiger partial charge in [0, 0.05) is 6.61 Å². The van der Waals surface area contributed by atoms with Gasteiger partial charge in [0.05, 0.1) is 25.9 Å². The third kappa shape index (κ3) is 6.37. The SMILES string of the molecule is C#CO[C@H]1[C@H](C#C)OC[C@@H](N)COC[C@@H]1OCCCCC. The van der Waals surface area contributed by atoms with E-state index in [9.17, 15) is 0 Å². The molecule has 1 aliphatic heterocycles. The van der Waals surface area contributed by atoms with Gasteiger partial charge in [-0.15, -0.1) is 6.42 Å². The molecule has 5 nitrogen and oxygen atoms in total. The molecule has 0 aromatic rings. The van der Waals surface area contributed by atoms with Crippen LogP contribution in [0.25, 0.3) is 0 Å². The van der Waals surface area contributed by atoms with Gasteiger partial charge < -0.3 is 24.7 Å². The molecule has 1 rings (SSSR count). The van der Waals surface area contributed by atoms with Crippen LogP contribution < -0.4 is 5.73 Å². The topological polar surface area (TPSA) is 62.9 Å². The standard InChI is InChI=1S/C16H25NO4/c1-4-7-8-9-20-15-12-18-10-13(17)11-21-14(5-2)16(15)19-6-3/h2-3,13-16H,4,7-12,17H2,1H3/t13-,14-,15-,16-/m0/s1. The summed E-state index contributed by atoms with van der Waals surface area (Å²) in [4.78, 5) is 0. The van der Waals surface area contributed by atoms with E-state index in [1.54, 1.807) is 0 Å². The molecule has 0 unspecified atom stereocenters. The number of hydrogen-bond donors (Lipinski definition) is 1. The number of hydrogen-bond acceptors (Lipinski definition) is 5. The van der Waals surface area contributed by atoms with Gasteiger partial charge in [0.25, 0.3) is 0 Å². The summed E-state index contributed by atoms with van der Waals surface area (Å²) in [7, 11) is 0. The largest absolute Gasteiger partial charge is 0.437 e. The van der Waals surface area contributed by atoms with Crippen LogP contribution >= 0.6 is 0 Å². The molecule has 1 saturated heterocycles. The molecule has 0 radical (unpaired) electrons. The summed E-state index contributed by atoms with van der Waals surface area (Å²) in [6, 6.07) is -0.230. The zero-order chi connectivity index (χ0) is 15.5. The Morgan fingerprint density at radius 3 is 2.71 bits per heavy atom. The number of unbranched alkanes of at least 4 members (excludes halogenated alkanes) is 2. The highest BCUT2D eigenvalue weighted by Gasteiger charge is 2.33. The summed E-state index contributed by atoms with van der Waals surface area (Å²) >= 11 is 0. The minimum absolute atomic E-state index is 0.230. The van der Waals surface area contributed by atoms with Crippen molar-refractivity contribution in [3.8, 4) is 24.9 Å². The van der Waals surface area contributed by atoms with Gasteiger partial charge in [-0.1, -0.05) is 32.1 Å². The fourth-order valence-corrected chi connectivity index (χ4v) is 2.08. The highest BCUT2D eigenvalue weighted by atomic mass is 16.6. The quantitative estimate of drug-likeness (QED) is 0.583. The lowest BCUT2D eigenvalue weighted by molar-refractivity contribution is -0.106. The first-order valence-electron chi connectivity index (χ1n) is 7.36. The Morgan fingerprint density at radius 2 is 2.05 bits per heavy atom. The molecular weight excluding hydrogens is 270 g/mol. The van der Waals surface area contributed by atoms with E-state index in [0.717, 1.165) is 19.3 Å². The lowest BCUT2D eigenvalue weighted by atomic mass is 10.1. The summed E-state index contributed by atoms with van der Waals surface area (Å²) in [5, 5.41) is 0. The number of rotatable bonds is 6. The average Bonchev–Trinajstić information content (AvgIpc) is 2.55. The maximum atomic E-state index is 5.85. The zero-order valence-corrected chi connectivity index (χ0v) is 12.6. The highest BCUT2D eigenvalue weighted by molar-refractivity contribution is 5.03. The number of ether oxygens (including phenoxy) is 4. The molecule has 2 N–H and O–H groups in total. The fourth-order valence-electron chi connectivity index (χ4n) is 2.08. The predicted octanol–water partition coefficient (Wildman–Crippen LogP) is 0.914. The van der Waals surface area contributed by atoms with Gasteiger partial charge in [-0.2, -0.15) is 0 Å². The van der Waals surface area contributed by atoms with Crippen molar-refractivity contribution in [3.63, 3.8) is 0 Å². The molecule has 0 aliphatic carbocycles. The van der Waals surface area contributed by atoms with Crippen LogP contribution in [0.2, 0.25) is 0 Å². The van der Waals surface area contributed by atoms with Gasteiger partial charge in [-0.05, 0) is 6.42 Å². The number of nitrogens with two attached hydrogens (primary N) is 1. The van der Waals surface area contributed by atoms with Crippen LogP contribution in [-0.4, -0.2) is 50.8 Å². The van der Waals surface area contributed by atoms with E-state index in [0.29, 0.717) is 26.4 Å². The van der Waals surface area contributed by atoms with E-state index in [-0.39, 0.29) is 12.1 Å². The molecule has 0 saturated carbocycles. The molecule has 1 fully saturated rings. The van der Waals surface area contributed by atoms with Crippen molar-refractivity contribution in [3.05, 3.63) is 0 Å². The molecule has 0 spiro atoms. The van der Waals surface area contributed by atoms with Crippen molar-refractivity contribution >= 4 is 0 Å². The van der Waals surface area contributed by atoms with Crippen LogP contribution in [0, 0.1) is 24.9 Å². The lowest BCUT2D eigenvalue weighted by Gasteiger charge is -2.28. The van der Waals surface area contributed by atoms with Crippen molar-refractivity contribution in [2.24, 2.45) is 5.73 Å². The van der Waals surface area contributed by atoms with E-state index >= 15 is 0 Å². The van der Waals surface area contributed by atoms with Crippen molar-refractivity contribution in [1.82, 2.24) is 0 Å². The van der Waals surface area contributed by atoms with E-state index in [1.165, 1.54) is 0 Å². The maximum Gasteiger partial charge on any atom is 0.176 e. The second-order valence-corrected chi connectivity index (χ2v) is 5.03. The van der Waals surface area contributed by atoms with E-state index < -0.39 is 12.2 Å². The summed E-state index contributed by atoms with van der Waals surface area (Å²) < 4.78 is 22.3. The molecule has 118 valence electrons. The van der Waals surface area contributed by atoms with Gasteiger partial charge in [0.15, 0.2) is 12.2 Å². The first-order chi connectivity index (χ1) is 10.2. The van der Waals surface area contributed by atoms with Crippen LogP contribution in [0.1, 0.15) is 26.2 Å². The number of terminal acetylenes is 2. The molecule has 0 bridgehead atoms. The molecule has 1 heterocycles. The summed E-state index contributed by atoms with van der Waals surface area (Å²) in [5.74, 6) is 2.55. The molecule has 0 amide bonds. The second-order valence-electron chi connectivity index (χ2n) is 5.03. The Bertz CT molecular complexity index is 360. The monoisotopic (exact) mass is 295 g/mol. The third-order valence-electron chi connectivity index (χ3n) is 3.22. The minimum Gasteiger partial charge on any atom is -0.437 e. The Labute approximate surface area is 127 Å². The van der Waals surface area contributed by atoms with Gasteiger partial charge in [0.2, 0.25) is 0 Å². The van der Waals surface area contributed by atoms with Gasteiger partial charge in [-0.25, -0.2) is 0 Å². The smallest absolute Gasteiger partial charge is 0.176 e. The Hall–Kier alpha value is -1.24. The van der Waals surface area contributed by atoms with E-state index in [4.69, 9.17) is 37.5 Å². The normalized spacial score (nSPS) is 30.3. The Morgan fingerprint density at radius 1 is 1.24 bits per heavy atom. The third-order valence-corrected chi connectivity index (χ3v) is 3.22. The first kappa shape index (κ1) is 17.8. The zero-order valence-electron chi connectivity index (χ0n) is 12.6. The van der Waals surface area contributed by atoms with Gasteiger partial charge in [-0.3, -0.25) is 0 Å². The van der Waals surface area contributed by atoms with Crippen molar-refractivity contribution in [1.29, 1.82) is 0 Å². The van der Waals surface area contributed by atoms with Crippen LogP contribution in [-0.2, 0) is 18.9 Å². The second kappa shape index (κ2) is 10.5. The van der Waals surface area contributed by atoms with Crippen LogP contribution in [0.3, 0.4) is 0 Å². The first-order valence-corrected chi connectivity index (χ1v) is 7.36. The van der Waals surface area contributed by atoms with E-state index in [2.05, 4.69) is 19.0 Å². The van der Waals surface area contributed by atoms with Gasteiger partial charge >= 0.3 is 0 Å². The average molecular weight is 295 g/mol. The van der Waals surface area contributed by atoms with Crippen LogP contribution in [0.15, 0.2) is 0 Å². The highest BCUT2D eigenvalue weighted by Crippen LogP contribution is 2.15. The van der Waals surface area contributed by atoms with Crippen molar-refractivity contribution < 1.29 is 18.9 Å². The molecule has 21 heavy (non-hydrogen) atoms. The van der Waals surface area contributed by atoms with Crippen LogP contribution in [0.4, 0.5) is 0 Å². The van der Waals surface area contributed by atoms with Crippen molar-refractivity contribution in [2.45, 2.75) is 50.5 Å². The Kier molecular flexibility index (Phi) is 8.89. The summed E-state index contributed by atoms with van der Waals surface area (Å²) in [6.07, 6.45) is 14.6. The molecule has 5 heteroatoms. The maximum absolute atomic E-state index is 5.85. The van der Waals surface area contributed by atoms with E-state index in [1.807, 2.05) is 0 Å². The van der Waals surface area contributed by atoms with Crippen molar-refractivity contribution in [2.75, 3.05) is 26.4 Å². The molecular formula is C16H25NO4. The summed E-state index contributed by atoms with van der Waals surface area (Å²) in [6.45, 7) is 3.75. The Balaban J connectivity index is 2.71. The van der Waals surface area contributed by atoms with Crippen LogP contribution in [0.5, 0.6) is 0 Å². The minimum atomic E-state index is -0.607. The molecule has 0 aromatic carbocycles. The van der Waals surface area contributed by atoms with Gasteiger partial charge in [0.1, 0.15) is 12.2 Å².